The fourth-order valence-corrected chi connectivity index (χ4v) is 1.38. The fraction of sp³-hybridized carbons (Fsp3) is 0.455. The summed E-state index contributed by atoms with van der Waals surface area (Å²) >= 11 is 3.17. The molecule has 5 heteroatoms. The van der Waals surface area contributed by atoms with Crippen LogP contribution in [0.15, 0.2) is 22.7 Å². The molecular formula is C11H14BrFO3. The van der Waals surface area contributed by atoms with Crippen LogP contribution in [0.1, 0.15) is 0 Å². The molecule has 0 atom stereocenters. The Hall–Kier alpha value is -0.650. The number of rotatable bonds is 7. The van der Waals surface area contributed by atoms with Crippen LogP contribution in [0.2, 0.25) is 0 Å². The van der Waals surface area contributed by atoms with Crippen molar-refractivity contribution in [2.45, 2.75) is 0 Å². The molecule has 1 aromatic rings. The van der Waals surface area contributed by atoms with Crippen molar-refractivity contribution in [1.82, 2.24) is 0 Å². The smallest absolute Gasteiger partial charge is 0.166 e. The highest BCUT2D eigenvalue weighted by atomic mass is 79.9. The lowest BCUT2D eigenvalue weighted by atomic mass is 10.3. The standard InChI is InChI=1S/C11H14BrFO3/c1-14-4-5-15-6-7-16-11-3-2-9(12)8-10(11)13/h2-3,8H,4-7H2,1H3. The Balaban J connectivity index is 2.21. The Labute approximate surface area is 103 Å². The van der Waals surface area contributed by atoms with Gasteiger partial charge in [-0.15, -0.1) is 0 Å². The highest BCUT2D eigenvalue weighted by molar-refractivity contribution is 9.10. The van der Waals surface area contributed by atoms with Gasteiger partial charge in [-0.3, -0.25) is 0 Å². The van der Waals surface area contributed by atoms with Crippen LogP contribution in [0.25, 0.3) is 0 Å². The second-order valence-corrected chi connectivity index (χ2v) is 3.94. The van der Waals surface area contributed by atoms with Gasteiger partial charge in [-0.25, -0.2) is 4.39 Å². The van der Waals surface area contributed by atoms with Gasteiger partial charge in [0.15, 0.2) is 11.6 Å². The number of methoxy groups -OCH3 is 1. The first-order valence-corrected chi connectivity index (χ1v) is 5.68. The van der Waals surface area contributed by atoms with Crippen LogP contribution in [0.5, 0.6) is 5.75 Å². The molecule has 90 valence electrons. The molecule has 16 heavy (non-hydrogen) atoms. The molecule has 3 nitrogen and oxygen atoms in total. The second kappa shape index (κ2) is 7.60. The molecule has 0 saturated carbocycles. The van der Waals surface area contributed by atoms with E-state index in [0.717, 1.165) is 0 Å². The molecular weight excluding hydrogens is 279 g/mol. The monoisotopic (exact) mass is 292 g/mol. The Kier molecular flexibility index (Phi) is 6.37. The van der Waals surface area contributed by atoms with Crippen molar-refractivity contribution in [1.29, 1.82) is 0 Å². The van der Waals surface area contributed by atoms with Gasteiger partial charge in [0.1, 0.15) is 6.61 Å². The molecule has 1 rings (SSSR count). The summed E-state index contributed by atoms with van der Waals surface area (Å²) in [6, 6.07) is 4.67. The largest absolute Gasteiger partial charge is 0.488 e. The first-order valence-electron chi connectivity index (χ1n) is 4.88. The van der Waals surface area contributed by atoms with Crippen molar-refractivity contribution < 1.29 is 18.6 Å². The summed E-state index contributed by atoms with van der Waals surface area (Å²) in [5.41, 5.74) is 0. The summed E-state index contributed by atoms with van der Waals surface area (Å²) < 4.78 is 29.1. The fourth-order valence-electron chi connectivity index (χ4n) is 1.05. The summed E-state index contributed by atoms with van der Waals surface area (Å²) in [7, 11) is 1.61. The molecule has 0 aliphatic rings. The quantitative estimate of drug-likeness (QED) is 0.723. The lowest BCUT2D eigenvalue weighted by Gasteiger charge is -2.07. The van der Waals surface area contributed by atoms with Gasteiger partial charge < -0.3 is 14.2 Å². The maximum absolute atomic E-state index is 13.3. The highest BCUT2D eigenvalue weighted by Gasteiger charge is 2.03. The minimum Gasteiger partial charge on any atom is -0.488 e. The molecule has 0 aromatic heterocycles. The van der Waals surface area contributed by atoms with Crippen LogP contribution in [-0.4, -0.2) is 33.5 Å². The highest BCUT2D eigenvalue weighted by Crippen LogP contribution is 2.21. The molecule has 1 aromatic carbocycles. The topological polar surface area (TPSA) is 27.7 Å². The van der Waals surface area contributed by atoms with E-state index in [2.05, 4.69) is 15.9 Å². The number of hydrogen-bond acceptors (Lipinski definition) is 3. The summed E-state index contributed by atoms with van der Waals surface area (Å²) in [6.45, 7) is 1.80. The summed E-state index contributed by atoms with van der Waals surface area (Å²) in [4.78, 5) is 0. The van der Waals surface area contributed by atoms with Crippen molar-refractivity contribution in [2.24, 2.45) is 0 Å². The van der Waals surface area contributed by atoms with Crippen LogP contribution in [0, 0.1) is 5.82 Å². The average molecular weight is 293 g/mol. The van der Waals surface area contributed by atoms with Crippen LogP contribution in [0.4, 0.5) is 4.39 Å². The molecule has 0 fully saturated rings. The van der Waals surface area contributed by atoms with Crippen LogP contribution >= 0.6 is 15.9 Å². The first kappa shape index (κ1) is 13.4. The molecule has 0 amide bonds. The third-order valence-electron chi connectivity index (χ3n) is 1.81. The van der Waals surface area contributed by atoms with Crippen molar-refractivity contribution in [2.75, 3.05) is 33.5 Å². The van der Waals surface area contributed by atoms with Crippen LogP contribution in [0.3, 0.4) is 0 Å². The van der Waals surface area contributed by atoms with E-state index in [1.165, 1.54) is 6.07 Å². The lowest BCUT2D eigenvalue weighted by Crippen LogP contribution is -2.10. The zero-order valence-electron chi connectivity index (χ0n) is 9.04. The Morgan fingerprint density at radius 1 is 1.19 bits per heavy atom. The lowest BCUT2D eigenvalue weighted by molar-refractivity contribution is 0.0538. The van der Waals surface area contributed by atoms with E-state index in [1.54, 1.807) is 19.2 Å². The van der Waals surface area contributed by atoms with Gasteiger partial charge in [-0.1, -0.05) is 15.9 Å². The van der Waals surface area contributed by atoms with E-state index in [4.69, 9.17) is 14.2 Å². The van der Waals surface area contributed by atoms with Gasteiger partial charge in [-0.05, 0) is 18.2 Å². The van der Waals surface area contributed by atoms with E-state index in [9.17, 15) is 4.39 Å². The van der Waals surface area contributed by atoms with Crippen molar-refractivity contribution in [3.63, 3.8) is 0 Å². The number of ether oxygens (including phenoxy) is 3. The maximum atomic E-state index is 13.3. The van der Waals surface area contributed by atoms with Gasteiger partial charge in [0.05, 0.1) is 19.8 Å². The number of benzene rings is 1. The Morgan fingerprint density at radius 2 is 1.94 bits per heavy atom. The second-order valence-electron chi connectivity index (χ2n) is 3.03. The molecule has 0 aliphatic carbocycles. The van der Waals surface area contributed by atoms with E-state index in [-0.39, 0.29) is 11.6 Å². The predicted octanol–water partition coefficient (Wildman–Crippen LogP) is 2.63. The average Bonchev–Trinajstić information content (AvgIpc) is 2.26. The molecule has 0 unspecified atom stereocenters. The van der Waals surface area contributed by atoms with Gasteiger partial charge in [-0.2, -0.15) is 0 Å². The van der Waals surface area contributed by atoms with Gasteiger partial charge in [0, 0.05) is 11.6 Å². The molecule has 0 spiro atoms. The summed E-state index contributed by atoms with van der Waals surface area (Å²) in [5.74, 6) is -0.148. The first-order chi connectivity index (χ1) is 7.74. The zero-order chi connectivity index (χ0) is 11.8. The minimum absolute atomic E-state index is 0.235. The molecule has 0 heterocycles. The van der Waals surface area contributed by atoms with Crippen LogP contribution < -0.4 is 4.74 Å². The molecule has 0 aliphatic heterocycles. The third-order valence-corrected chi connectivity index (χ3v) is 2.30. The van der Waals surface area contributed by atoms with Gasteiger partial charge >= 0.3 is 0 Å². The van der Waals surface area contributed by atoms with Crippen molar-refractivity contribution in [3.05, 3.63) is 28.5 Å². The van der Waals surface area contributed by atoms with Crippen LogP contribution in [-0.2, 0) is 9.47 Å². The van der Waals surface area contributed by atoms with E-state index in [0.29, 0.717) is 30.9 Å². The maximum Gasteiger partial charge on any atom is 0.166 e. The number of hydrogen-bond donors (Lipinski definition) is 0. The minimum atomic E-state index is -0.383. The SMILES string of the molecule is COCCOCCOc1ccc(Br)cc1F. The Morgan fingerprint density at radius 3 is 2.62 bits per heavy atom. The van der Waals surface area contributed by atoms with Crippen molar-refractivity contribution in [3.8, 4) is 5.75 Å². The molecule has 0 N–H and O–H groups in total. The van der Waals surface area contributed by atoms with Crippen molar-refractivity contribution >= 4 is 15.9 Å². The predicted molar refractivity (Wildman–Crippen MR) is 62.3 cm³/mol. The molecule has 0 saturated heterocycles. The molecule has 0 bridgehead atoms. The van der Waals surface area contributed by atoms with E-state index in [1.807, 2.05) is 0 Å². The normalized spacial score (nSPS) is 10.4. The Bertz CT molecular complexity index is 320. The zero-order valence-corrected chi connectivity index (χ0v) is 10.6. The molecule has 0 radical (unpaired) electrons. The van der Waals surface area contributed by atoms with E-state index < -0.39 is 0 Å². The number of halogens is 2. The van der Waals surface area contributed by atoms with Gasteiger partial charge in [0.2, 0.25) is 0 Å². The van der Waals surface area contributed by atoms with E-state index >= 15 is 0 Å². The third kappa shape index (κ3) is 4.92. The summed E-state index contributed by atoms with van der Waals surface area (Å²) in [6.07, 6.45) is 0. The summed E-state index contributed by atoms with van der Waals surface area (Å²) in [5, 5.41) is 0. The van der Waals surface area contributed by atoms with Gasteiger partial charge in [0.25, 0.3) is 0 Å².